The van der Waals surface area contributed by atoms with Gasteiger partial charge in [0.25, 0.3) is 0 Å². The number of nitrogens with zero attached hydrogens (tertiary/aromatic N) is 2. The average Bonchev–Trinajstić information content (AvgIpc) is 3.20. The van der Waals surface area contributed by atoms with Crippen LogP contribution in [-0.2, 0) is 11.3 Å². The van der Waals surface area contributed by atoms with Crippen molar-refractivity contribution in [2.45, 2.75) is 51.3 Å². The van der Waals surface area contributed by atoms with E-state index in [0.717, 1.165) is 30.7 Å². The average molecular weight is 381 g/mol. The molecule has 0 unspecified atom stereocenters. The van der Waals surface area contributed by atoms with Gasteiger partial charge in [0, 0.05) is 36.2 Å². The van der Waals surface area contributed by atoms with E-state index in [0.29, 0.717) is 0 Å². The van der Waals surface area contributed by atoms with Gasteiger partial charge in [-0.25, -0.2) is 4.79 Å². The number of hydrogen-bond acceptors (Lipinski definition) is 3. The topological polar surface area (TPSA) is 32.8 Å². The second kappa shape index (κ2) is 6.10. The lowest BCUT2D eigenvalue weighted by Gasteiger charge is -2.42. The van der Waals surface area contributed by atoms with Gasteiger partial charge in [-0.05, 0) is 51.3 Å². The summed E-state index contributed by atoms with van der Waals surface area (Å²) in [6.07, 6.45) is 2.16. The Labute approximate surface area is 146 Å². The van der Waals surface area contributed by atoms with Gasteiger partial charge in [-0.1, -0.05) is 28.1 Å². The highest BCUT2D eigenvalue weighted by atomic mass is 79.9. The molecule has 4 nitrogen and oxygen atoms in total. The third-order valence-electron chi connectivity index (χ3n) is 4.54. The SMILES string of the molecule is CC(C)(C)OC(=O)N1CCN(Cc2cccc(Br)c2)C2(CC2)C1. The van der Waals surface area contributed by atoms with Gasteiger partial charge in [-0.2, -0.15) is 0 Å². The van der Waals surface area contributed by atoms with Crippen LogP contribution >= 0.6 is 15.9 Å². The molecule has 2 aliphatic rings. The molecular weight excluding hydrogens is 356 g/mol. The molecule has 1 heterocycles. The van der Waals surface area contributed by atoms with Gasteiger partial charge in [0.15, 0.2) is 0 Å². The van der Waals surface area contributed by atoms with Gasteiger partial charge in [0.05, 0.1) is 0 Å². The first kappa shape index (κ1) is 16.8. The Morgan fingerprint density at radius 2 is 2.04 bits per heavy atom. The molecule has 1 saturated heterocycles. The first-order valence-corrected chi connectivity index (χ1v) is 9.04. The van der Waals surface area contributed by atoms with Crippen LogP contribution < -0.4 is 0 Å². The van der Waals surface area contributed by atoms with Crippen molar-refractivity contribution in [2.75, 3.05) is 19.6 Å². The third kappa shape index (κ3) is 4.07. The van der Waals surface area contributed by atoms with Crippen molar-refractivity contribution in [1.29, 1.82) is 0 Å². The Balaban J connectivity index is 1.64. The zero-order valence-corrected chi connectivity index (χ0v) is 15.7. The zero-order chi connectivity index (χ0) is 16.7. The maximum atomic E-state index is 12.3. The van der Waals surface area contributed by atoms with Gasteiger partial charge in [-0.3, -0.25) is 4.90 Å². The maximum absolute atomic E-state index is 12.3. The van der Waals surface area contributed by atoms with Crippen LogP contribution in [0.1, 0.15) is 39.2 Å². The normalized spacial score (nSPS) is 20.6. The number of rotatable bonds is 2. The number of ether oxygens (including phenoxy) is 1. The number of halogens is 1. The molecule has 126 valence electrons. The third-order valence-corrected chi connectivity index (χ3v) is 5.03. The van der Waals surface area contributed by atoms with Crippen molar-refractivity contribution in [2.24, 2.45) is 0 Å². The summed E-state index contributed by atoms with van der Waals surface area (Å²) >= 11 is 3.54. The minimum atomic E-state index is -0.429. The summed E-state index contributed by atoms with van der Waals surface area (Å²) in [5.41, 5.74) is 1.05. The molecule has 0 atom stereocenters. The Kier molecular flexibility index (Phi) is 4.45. The number of benzene rings is 1. The first-order chi connectivity index (χ1) is 10.8. The molecule has 0 N–H and O–H groups in total. The van der Waals surface area contributed by atoms with Crippen LogP contribution in [0.2, 0.25) is 0 Å². The molecule has 1 aliphatic carbocycles. The molecule has 1 amide bonds. The fourth-order valence-electron chi connectivity index (χ4n) is 3.22. The molecule has 23 heavy (non-hydrogen) atoms. The minimum Gasteiger partial charge on any atom is -0.444 e. The number of amides is 1. The molecule has 5 heteroatoms. The van der Waals surface area contributed by atoms with Crippen LogP contribution in [0.5, 0.6) is 0 Å². The highest BCUT2D eigenvalue weighted by molar-refractivity contribution is 9.10. The van der Waals surface area contributed by atoms with Gasteiger partial charge in [0.1, 0.15) is 5.60 Å². The van der Waals surface area contributed by atoms with E-state index >= 15 is 0 Å². The smallest absolute Gasteiger partial charge is 0.410 e. The summed E-state index contributed by atoms with van der Waals surface area (Å²) in [5.74, 6) is 0. The Hall–Kier alpha value is -1.07. The van der Waals surface area contributed by atoms with Gasteiger partial charge < -0.3 is 9.64 Å². The molecular formula is C18H25BrN2O2. The van der Waals surface area contributed by atoms with E-state index in [1.54, 1.807) is 0 Å². The second-order valence-electron chi connectivity index (χ2n) is 7.68. The summed E-state index contributed by atoms with van der Waals surface area (Å²) < 4.78 is 6.65. The van der Waals surface area contributed by atoms with E-state index in [-0.39, 0.29) is 11.6 Å². The largest absolute Gasteiger partial charge is 0.444 e. The molecule has 3 rings (SSSR count). The number of carbonyl (C=O) groups is 1. The maximum Gasteiger partial charge on any atom is 0.410 e. The Bertz CT molecular complexity index is 593. The lowest BCUT2D eigenvalue weighted by atomic mass is 10.1. The quantitative estimate of drug-likeness (QED) is 0.775. The Morgan fingerprint density at radius 1 is 1.30 bits per heavy atom. The summed E-state index contributed by atoms with van der Waals surface area (Å²) in [7, 11) is 0. The van der Waals surface area contributed by atoms with Gasteiger partial charge in [-0.15, -0.1) is 0 Å². The highest BCUT2D eigenvalue weighted by Crippen LogP contribution is 2.45. The van der Waals surface area contributed by atoms with Crippen molar-refractivity contribution in [3.05, 3.63) is 34.3 Å². The minimum absolute atomic E-state index is 0.164. The van der Waals surface area contributed by atoms with Crippen LogP contribution in [0.4, 0.5) is 4.79 Å². The van der Waals surface area contributed by atoms with Crippen molar-refractivity contribution in [3.8, 4) is 0 Å². The van der Waals surface area contributed by atoms with Crippen LogP contribution in [-0.4, -0.2) is 46.7 Å². The van der Waals surface area contributed by atoms with Crippen molar-refractivity contribution >= 4 is 22.0 Å². The van der Waals surface area contributed by atoms with E-state index in [4.69, 9.17) is 4.74 Å². The summed E-state index contributed by atoms with van der Waals surface area (Å²) in [5, 5.41) is 0. The lowest BCUT2D eigenvalue weighted by molar-refractivity contribution is -0.00238. The number of hydrogen-bond donors (Lipinski definition) is 0. The highest BCUT2D eigenvalue weighted by Gasteiger charge is 2.52. The van der Waals surface area contributed by atoms with Crippen molar-refractivity contribution in [1.82, 2.24) is 9.80 Å². The van der Waals surface area contributed by atoms with Crippen LogP contribution in [0.3, 0.4) is 0 Å². The second-order valence-corrected chi connectivity index (χ2v) is 8.59. The van der Waals surface area contributed by atoms with Gasteiger partial charge >= 0.3 is 6.09 Å². The summed E-state index contributed by atoms with van der Waals surface area (Å²) in [6.45, 7) is 9.14. The molecule has 0 bridgehead atoms. The zero-order valence-electron chi connectivity index (χ0n) is 14.1. The van der Waals surface area contributed by atoms with E-state index in [1.165, 1.54) is 18.4 Å². The van der Waals surface area contributed by atoms with Crippen molar-refractivity contribution < 1.29 is 9.53 Å². The summed E-state index contributed by atoms with van der Waals surface area (Å²) in [4.78, 5) is 16.7. The standard InChI is InChI=1S/C18H25BrN2O2/c1-17(2,3)23-16(22)20-9-10-21(18(13-20)7-8-18)12-14-5-4-6-15(19)11-14/h4-6,11H,7-10,12-13H2,1-3H3. The van der Waals surface area contributed by atoms with Crippen molar-refractivity contribution in [3.63, 3.8) is 0 Å². The van der Waals surface area contributed by atoms with Crippen LogP contribution in [0.25, 0.3) is 0 Å². The summed E-state index contributed by atoms with van der Waals surface area (Å²) in [6, 6.07) is 8.48. The van der Waals surface area contributed by atoms with E-state index in [2.05, 4.69) is 45.1 Å². The number of piperazine rings is 1. The lowest BCUT2D eigenvalue weighted by Crippen LogP contribution is -2.56. The molecule has 1 aromatic rings. The fraction of sp³-hybridized carbons (Fsp3) is 0.611. The van der Waals surface area contributed by atoms with E-state index in [1.807, 2.05) is 25.7 Å². The molecule has 2 fully saturated rings. The molecule has 1 saturated carbocycles. The molecule has 1 spiro atoms. The number of carbonyl (C=O) groups excluding carboxylic acids is 1. The predicted molar refractivity (Wildman–Crippen MR) is 94.3 cm³/mol. The molecule has 1 aliphatic heterocycles. The Morgan fingerprint density at radius 3 is 2.65 bits per heavy atom. The first-order valence-electron chi connectivity index (χ1n) is 8.25. The van der Waals surface area contributed by atoms with Crippen LogP contribution in [0, 0.1) is 0 Å². The fourth-order valence-corrected chi connectivity index (χ4v) is 3.66. The molecule has 0 radical (unpaired) electrons. The van der Waals surface area contributed by atoms with Gasteiger partial charge in [0.2, 0.25) is 0 Å². The van der Waals surface area contributed by atoms with E-state index in [9.17, 15) is 4.79 Å². The predicted octanol–water partition coefficient (Wildman–Crippen LogP) is 4.03. The molecule has 1 aromatic carbocycles. The monoisotopic (exact) mass is 380 g/mol. The van der Waals surface area contributed by atoms with E-state index < -0.39 is 5.60 Å². The van der Waals surface area contributed by atoms with Crippen LogP contribution in [0.15, 0.2) is 28.7 Å². The molecule has 0 aromatic heterocycles.